The highest BCUT2D eigenvalue weighted by Gasteiger charge is 2.19. The van der Waals surface area contributed by atoms with E-state index in [2.05, 4.69) is 20.6 Å². The summed E-state index contributed by atoms with van der Waals surface area (Å²) in [5.74, 6) is 2.01. The molecular formula is C15H21Cl2N5O. The number of hydrogen-bond acceptors (Lipinski definition) is 4. The summed E-state index contributed by atoms with van der Waals surface area (Å²) in [6, 6.07) is 3.69. The summed E-state index contributed by atoms with van der Waals surface area (Å²) in [6.45, 7) is 3.84. The van der Waals surface area contributed by atoms with Crippen LogP contribution in [0.4, 0.5) is 5.69 Å². The summed E-state index contributed by atoms with van der Waals surface area (Å²) in [5.41, 5.74) is 0.717. The van der Waals surface area contributed by atoms with E-state index in [1.807, 2.05) is 29.8 Å². The summed E-state index contributed by atoms with van der Waals surface area (Å²) < 4.78 is 1.87. The Balaban J connectivity index is 0.00000132. The van der Waals surface area contributed by atoms with Crippen molar-refractivity contribution in [2.75, 3.05) is 18.4 Å². The standard InChI is InChI=1S/C15H19N5O.2ClH/c1-11-17-7-8-20(11)15-13(3-2-5-18-15)19-14(21)9-12-4-6-16-10-12;;/h2-3,5,7-8,12,16H,4,6,9-10H2,1H3,(H,19,21);2*1H. The van der Waals surface area contributed by atoms with Gasteiger partial charge < -0.3 is 10.6 Å². The maximum absolute atomic E-state index is 12.2. The van der Waals surface area contributed by atoms with Crippen LogP contribution < -0.4 is 10.6 Å². The number of nitrogens with zero attached hydrogens (tertiary/aromatic N) is 3. The smallest absolute Gasteiger partial charge is 0.224 e. The summed E-state index contributed by atoms with van der Waals surface area (Å²) in [5, 5.41) is 6.25. The molecule has 1 saturated heterocycles. The number of aryl methyl sites for hydroxylation is 1. The maximum atomic E-state index is 12.2. The summed E-state index contributed by atoms with van der Waals surface area (Å²) >= 11 is 0. The Hall–Kier alpha value is -1.63. The molecule has 23 heavy (non-hydrogen) atoms. The Kier molecular flexibility index (Phi) is 7.48. The van der Waals surface area contributed by atoms with Crippen LogP contribution in [0.2, 0.25) is 0 Å². The highest BCUT2D eigenvalue weighted by molar-refractivity contribution is 5.92. The van der Waals surface area contributed by atoms with Gasteiger partial charge in [-0.1, -0.05) is 0 Å². The van der Waals surface area contributed by atoms with Crippen LogP contribution in [0.1, 0.15) is 18.7 Å². The minimum atomic E-state index is 0. The SMILES string of the molecule is Cc1nccn1-c1ncccc1NC(=O)CC1CCNC1.Cl.Cl. The molecule has 1 aliphatic rings. The van der Waals surface area contributed by atoms with Crippen LogP contribution in [0, 0.1) is 12.8 Å². The fourth-order valence-corrected chi connectivity index (χ4v) is 2.64. The average Bonchev–Trinajstić information content (AvgIpc) is 3.11. The predicted molar refractivity (Wildman–Crippen MR) is 94.8 cm³/mol. The van der Waals surface area contributed by atoms with E-state index in [1.54, 1.807) is 12.4 Å². The fourth-order valence-electron chi connectivity index (χ4n) is 2.64. The minimum Gasteiger partial charge on any atom is -0.323 e. The molecule has 1 atom stereocenters. The number of amides is 1. The second kappa shape index (κ2) is 8.86. The van der Waals surface area contributed by atoms with Gasteiger partial charge in [-0.15, -0.1) is 24.8 Å². The van der Waals surface area contributed by atoms with E-state index >= 15 is 0 Å². The zero-order valence-corrected chi connectivity index (χ0v) is 14.5. The lowest BCUT2D eigenvalue weighted by molar-refractivity contribution is -0.116. The molecule has 1 fully saturated rings. The highest BCUT2D eigenvalue weighted by atomic mass is 35.5. The summed E-state index contributed by atoms with van der Waals surface area (Å²) in [4.78, 5) is 20.7. The van der Waals surface area contributed by atoms with Gasteiger partial charge in [0.25, 0.3) is 0 Å². The number of nitrogens with one attached hydrogen (secondary N) is 2. The van der Waals surface area contributed by atoms with Crippen LogP contribution in [0.25, 0.3) is 5.82 Å². The van der Waals surface area contributed by atoms with E-state index in [9.17, 15) is 4.79 Å². The molecule has 2 aromatic heterocycles. The van der Waals surface area contributed by atoms with Crippen molar-refractivity contribution >= 4 is 36.4 Å². The lowest BCUT2D eigenvalue weighted by atomic mass is 10.0. The van der Waals surface area contributed by atoms with E-state index in [0.29, 0.717) is 18.2 Å². The van der Waals surface area contributed by atoms with E-state index in [0.717, 1.165) is 31.0 Å². The van der Waals surface area contributed by atoms with E-state index in [1.165, 1.54) is 0 Å². The molecule has 2 N–H and O–H groups in total. The number of halogens is 2. The molecule has 0 spiro atoms. The quantitative estimate of drug-likeness (QED) is 0.880. The molecule has 1 amide bonds. The number of anilines is 1. The Morgan fingerprint density at radius 2 is 2.22 bits per heavy atom. The van der Waals surface area contributed by atoms with Crippen LogP contribution in [-0.4, -0.2) is 33.5 Å². The molecule has 0 radical (unpaired) electrons. The monoisotopic (exact) mass is 357 g/mol. The van der Waals surface area contributed by atoms with Crippen LogP contribution in [0.5, 0.6) is 0 Å². The van der Waals surface area contributed by atoms with Gasteiger partial charge in [-0.3, -0.25) is 9.36 Å². The van der Waals surface area contributed by atoms with Crippen molar-refractivity contribution in [3.05, 3.63) is 36.5 Å². The van der Waals surface area contributed by atoms with Crippen molar-refractivity contribution in [1.82, 2.24) is 19.9 Å². The molecule has 8 heteroatoms. The molecule has 0 aliphatic carbocycles. The Morgan fingerprint density at radius 1 is 1.39 bits per heavy atom. The van der Waals surface area contributed by atoms with Gasteiger partial charge in [-0.05, 0) is 44.5 Å². The number of hydrogen-bond donors (Lipinski definition) is 2. The van der Waals surface area contributed by atoms with Crippen molar-refractivity contribution in [3.63, 3.8) is 0 Å². The first kappa shape index (κ1) is 19.4. The molecule has 3 rings (SSSR count). The lowest BCUT2D eigenvalue weighted by Crippen LogP contribution is -2.19. The Labute approximate surface area is 147 Å². The number of pyridine rings is 1. The number of aromatic nitrogens is 3. The molecule has 6 nitrogen and oxygen atoms in total. The Morgan fingerprint density at radius 3 is 2.87 bits per heavy atom. The first-order chi connectivity index (χ1) is 10.2. The number of rotatable bonds is 4. The highest BCUT2D eigenvalue weighted by Crippen LogP contribution is 2.20. The van der Waals surface area contributed by atoms with Gasteiger partial charge in [-0.25, -0.2) is 9.97 Å². The van der Waals surface area contributed by atoms with Crippen LogP contribution in [0.3, 0.4) is 0 Å². The number of carbonyl (C=O) groups excluding carboxylic acids is 1. The van der Waals surface area contributed by atoms with Gasteiger partial charge in [0.2, 0.25) is 5.91 Å². The molecule has 0 bridgehead atoms. The molecule has 0 saturated carbocycles. The Bertz CT molecular complexity index is 640. The topological polar surface area (TPSA) is 71.8 Å². The third-order valence-corrected chi connectivity index (χ3v) is 3.75. The van der Waals surface area contributed by atoms with Crippen LogP contribution in [0.15, 0.2) is 30.7 Å². The van der Waals surface area contributed by atoms with Crippen molar-refractivity contribution in [1.29, 1.82) is 0 Å². The lowest BCUT2D eigenvalue weighted by Gasteiger charge is -2.13. The predicted octanol–water partition coefficient (Wildman–Crippen LogP) is 2.36. The second-order valence-corrected chi connectivity index (χ2v) is 5.33. The van der Waals surface area contributed by atoms with E-state index in [4.69, 9.17) is 0 Å². The molecule has 126 valence electrons. The van der Waals surface area contributed by atoms with Crippen molar-refractivity contribution in [3.8, 4) is 5.82 Å². The summed E-state index contributed by atoms with van der Waals surface area (Å²) in [7, 11) is 0. The van der Waals surface area contributed by atoms with Gasteiger partial charge in [-0.2, -0.15) is 0 Å². The van der Waals surface area contributed by atoms with E-state index < -0.39 is 0 Å². The minimum absolute atomic E-state index is 0. The molecule has 1 unspecified atom stereocenters. The first-order valence-electron chi connectivity index (χ1n) is 7.20. The molecule has 3 heterocycles. The van der Waals surface area contributed by atoms with Crippen molar-refractivity contribution < 1.29 is 4.79 Å². The molecular weight excluding hydrogens is 337 g/mol. The largest absolute Gasteiger partial charge is 0.323 e. The van der Waals surface area contributed by atoms with Gasteiger partial charge in [0.05, 0.1) is 5.69 Å². The van der Waals surface area contributed by atoms with Gasteiger partial charge >= 0.3 is 0 Å². The zero-order chi connectivity index (χ0) is 14.7. The molecule has 0 aromatic carbocycles. The first-order valence-corrected chi connectivity index (χ1v) is 7.20. The van der Waals surface area contributed by atoms with Crippen molar-refractivity contribution in [2.45, 2.75) is 19.8 Å². The third-order valence-electron chi connectivity index (χ3n) is 3.75. The number of carbonyl (C=O) groups is 1. The summed E-state index contributed by atoms with van der Waals surface area (Å²) in [6.07, 6.45) is 6.89. The zero-order valence-electron chi connectivity index (χ0n) is 12.9. The average molecular weight is 358 g/mol. The van der Waals surface area contributed by atoms with Gasteiger partial charge in [0.1, 0.15) is 5.82 Å². The fraction of sp³-hybridized carbons (Fsp3) is 0.400. The molecule has 1 aliphatic heterocycles. The van der Waals surface area contributed by atoms with Crippen LogP contribution in [-0.2, 0) is 4.79 Å². The maximum Gasteiger partial charge on any atom is 0.224 e. The third kappa shape index (κ3) is 4.67. The van der Waals surface area contributed by atoms with E-state index in [-0.39, 0.29) is 30.7 Å². The normalized spacial score (nSPS) is 16.3. The van der Waals surface area contributed by atoms with Crippen LogP contribution >= 0.6 is 24.8 Å². The molecule has 2 aromatic rings. The van der Waals surface area contributed by atoms with Gasteiger partial charge in [0, 0.05) is 25.0 Å². The van der Waals surface area contributed by atoms with Crippen molar-refractivity contribution in [2.24, 2.45) is 5.92 Å². The second-order valence-electron chi connectivity index (χ2n) is 5.33. The van der Waals surface area contributed by atoms with Gasteiger partial charge in [0.15, 0.2) is 5.82 Å². The number of imidazole rings is 1.